The van der Waals surface area contributed by atoms with Gasteiger partial charge in [-0.2, -0.15) is 0 Å². The minimum atomic E-state index is -0.167. The van der Waals surface area contributed by atoms with Crippen LogP contribution >= 0.6 is 0 Å². The first kappa shape index (κ1) is 19.5. The van der Waals surface area contributed by atoms with Gasteiger partial charge in [0.05, 0.1) is 7.11 Å². The van der Waals surface area contributed by atoms with E-state index < -0.39 is 0 Å². The van der Waals surface area contributed by atoms with Gasteiger partial charge in [-0.25, -0.2) is 0 Å². The first-order chi connectivity index (χ1) is 13.4. The molecule has 3 aromatic rings. The molecule has 0 saturated carbocycles. The quantitative estimate of drug-likeness (QED) is 0.623. The molecule has 0 bridgehead atoms. The zero-order chi connectivity index (χ0) is 20.1. The number of nitrogens with one attached hydrogen (secondary N) is 1. The van der Waals surface area contributed by atoms with Gasteiger partial charge in [0.2, 0.25) is 0 Å². The van der Waals surface area contributed by atoms with Gasteiger partial charge in [-0.05, 0) is 74.4 Å². The van der Waals surface area contributed by atoms with Gasteiger partial charge < -0.3 is 14.8 Å². The minimum absolute atomic E-state index is 0.167. The number of methoxy groups -OCH3 is 1. The lowest BCUT2D eigenvalue weighted by molar-refractivity contribution is 0.102. The molecule has 3 rings (SSSR count). The van der Waals surface area contributed by atoms with E-state index in [9.17, 15) is 4.79 Å². The predicted molar refractivity (Wildman–Crippen MR) is 112 cm³/mol. The average molecular weight is 375 g/mol. The van der Waals surface area contributed by atoms with Crippen LogP contribution < -0.4 is 14.8 Å². The summed E-state index contributed by atoms with van der Waals surface area (Å²) in [6.45, 7) is 6.40. The van der Waals surface area contributed by atoms with E-state index in [0.717, 1.165) is 33.7 Å². The Morgan fingerprint density at radius 2 is 1.54 bits per heavy atom. The van der Waals surface area contributed by atoms with Crippen LogP contribution in [0.2, 0.25) is 0 Å². The van der Waals surface area contributed by atoms with Crippen LogP contribution in [0.3, 0.4) is 0 Å². The fourth-order valence-corrected chi connectivity index (χ4v) is 3.05. The van der Waals surface area contributed by atoms with Crippen LogP contribution in [0.4, 0.5) is 5.69 Å². The number of rotatable bonds is 6. The predicted octanol–water partition coefficient (Wildman–Crippen LogP) is 5.45. The van der Waals surface area contributed by atoms with Crippen molar-refractivity contribution in [3.05, 3.63) is 88.5 Å². The summed E-state index contributed by atoms with van der Waals surface area (Å²) in [6, 6.07) is 19.2. The smallest absolute Gasteiger partial charge is 0.255 e. The minimum Gasteiger partial charge on any atom is -0.496 e. The topological polar surface area (TPSA) is 47.6 Å². The average Bonchev–Trinajstić information content (AvgIpc) is 2.67. The molecule has 28 heavy (non-hydrogen) atoms. The lowest BCUT2D eigenvalue weighted by Crippen LogP contribution is -2.12. The van der Waals surface area contributed by atoms with Crippen molar-refractivity contribution in [1.82, 2.24) is 0 Å². The first-order valence-corrected chi connectivity index (χ1v) is 9.20. The molecule has 1 N–H and O–H groups in total. The number of ether oxygens (including phenoxy) is 2. The number of benzene rings is 3. The molecule has 1 amide bonds. The maximum absolute atomic E-state index is 12.6. The fourth-order valence-electron chi connectivity index (χ4n) is 3.05. The summed E-state index contributed by atoms with van der Waals surface area (Å²) < 4.78 is 11.4. The molecule has 0 aliphatic carbocycles. The van der Waals surface area contributed by atoms with Crippen LogP contribution in [0.5, 0.6) is 11.5 Å². The lowest BCUT2D eigenvalue weighted by Gasteiger charge is -2.13. The third kappa shape index (κ3) is 4.92. The summed E-state index contributed by atoms with van der Waals surface area (Å²) in [5.41, 5.74) is 5.58. The Morgan fingerprint density at radius 3 is 2.18 bits per heavy atom. The number of carbonyl (C=O) groups excluding carboxylic acids is 1. The number of hydrogen-bond acceptors (Lipinski definition) is 3. The fraction of sp³-hybridized carbons (Fsp3) is 0.208. The SMILES string of the molecule is COc1ccc(C(=O)Nc2ccc(C)cc2)cc1COc1cc(C)cc(C)c1. The Hall–Kier alpha value is -3.27. The van der Waals surface area contributed by atoms with Gasteiger partial charge in [0.1, 0.15) is 18.1 Å². The summed E-state index contributed by atoms with van der Waals surface area (Å²) in [7, 11) is 1.61. The van der Waals surface area contributed by atoms with Gasteiger partial charge >= 0.3 is 0 Å². The van der Waals surface area contributed by atoms with Gasteiger partial charge in [0, 0.05) is 16.8 Å². The van der Waals surface area contributed by atoms with Crippen molar-refractivity contribution in [2.45, 2.75) is 27.4 Å². The number of aryl methyl sites for hydroxylation is 3. The van der Waals surface area contributed by atoms with Gasteiger partial charge in [0.25, 0.3) is 5.91 Å². The van der Waals surface area contributed by atoms with E-state index in [-0.39, 0.29) is 5.91 Å². The van der Waals surface area contributed by atoms with Crippen molar-refractivity contribution in [2.75, 3.05) is 12.4 Å². The highest BCUT2D eigenvalue weighted by molar-refractivity contribution is 6.04. The van der Waals surface area contributed by atoms with Crippen LogP contribution in [0.15, 0.2) is 60.7 Å². The highest BCUT2D eigenvalue weighted by Gasteiger charge is 2.12. The van der Waals surface area contributed by atoms with Crippen molar-refractivity contribution >= 4 is 11.6 Å². The summed E-state index contributed by atoms with van der Waals surface area (Å²) in [4.78, 5) is 12.6. The Kier molecular flexibility index (Phi) is 5.99. The molecule has 3 aromatic carbocycles. The zero-order valence-corrected chi connectivity index (χ0v) is 16.7. The Morgan fingerprint density at radius 1 is 0.857 bits per heavy atom. The van der Waals surface area contributed by atoms with Crippen LogP contribution in [-0.2, 0) is 6.61 Å². The molecule has 0 aliphatic rings. The Balaban J connectivity index is 1.77. The summed E-state index contributed by atoms with van der Waals surface area (Å²) >= 11 is 0. The van der Waals surface area contributed by atoms with E-state index in [1.54, 1.807) is 19.2 Å². The second-order valence-electron chi connectivity index (χ2n) is 6.96. The second-order valence-corrected chi connectivity index (χ2v) is 6.96. The number of amides is 1. The van der Waals surface area contributed by atoms with E-state index in [2.05, 4.69) is 11.4 Å². The molecule has 4 heteroatoms. The van der Waals surface area contributed by atoms with Crippen LogP contribution in [0.1, 0.15) is 32.6 Å². The molecule has 0 unspecified atom stereocenters. The van der Waals surface area contributed by atoms with E-state index in [0.29, 0.717) is 17.9 Å². The second kappa shape index (κ2) is 8.61. The van der Waals surface area contributed by atoms with Crippen molar-refractivity contribution < 1.29 is 14.3 Å². The van der Waals surface area contributed by atoms with Crippen LogP contribution in [0.25, 0.3) is 0 Å². The molecule has 0 aromatic heterocycles. The highest BCUT2D eigenvalue weighted by atomic mass is 16.5. The molecule has 0 heterocycles. The number of anilines is 1. The first-order valence-electron chi connectivity index (χ1n) is 9.20. The van der Waals surface area contributed by atoms with E-state index in [4.69, 9.17) is 9.47 Å². The van der Waals surface area contributed by atoms with Gasteiger partial charge in [-0.3, -0.25) is 4.79 Å². The van der Waals surface area contributed by atoms with Gasteiger partial charge in [-0.1, -0.05) is 23.8 Å². The third-order valence-corrected chi connectivity index (χ3v) is 4.44. The van der Waals surface area contributed by atoms with E-state index in [1.807, 2.05) is 63.2 Å². The number of hydrogen-bond donors (Lipinski definition) is 1. The zero-order valence-electron chi connectivity index (χ0n) is 16.7. The molecule has 0 fully saturated rings. The molecule has 0 saturated heterocycles. The molecule has 0 aliphatic heterocycles. The van der Waals surface area contributed by atoms with Gasteiger partial charge in [0.15, 0.2) is 0 Å². The van der Waals surface area contributed by atoms with E-state index in [1.165, 1.54) is 0 Å². The third-order valence-electron chi connectivity index (χ3n) is 4.44. The highest BCUT2D eigenvalue weighted by Crippen LogP contribution is 2.24. The molecule has 144 valence electrons. The molecular weight excluding hydrogens is 350 g/mol. The largest absolute Gasteiger partial charge is 0.496 e. The molecule has 0 atom stereocenters. The maximum Gasteiger partial charge on any atom is 0.255 e. The molecular formula is C24H25NO3. The molecule has 0 spiro atoms. The normalized spacial score (nSPS) is 10.4. The van der Waals surface area contributed by atoms with Crippen molar-refractivity contribution in [3.63, 3.8) is 0 Å². The molecule has 0 radical (unpaired) electrons. The van der Waals surface area contributed by atoms with Gasteiger partial charge in [-0.15, -0.1) is 0 Å². The van der Waals surface area contributed by atoms with Crippen LogP contribution in [0, 0.1) is 20.8 Å². The van der Waals surface area contributed by atoms with Crippen molar-refractivity contribution in [1.29, 1.82) is 0 Å². The van der Waals surface area contributed by atoms with Crippen LogP contribution in [-0.4, -0.2) is 13.0 Å². The van der Waals surface area contributed by atoms with E-state index >= 15 is 0 Å². The standard InChI is InChI=1S/C24H25NO3/c1-16-5-8-21(9-6-16)25-24(26)19-7-10-23(27-4)20(14-19)15-28-22-12-17(2)11-18(3)13-22/h5-14H,15H2,1-4H3,(H,25,26). The van der Waals surface area contributed by atoms with Crippen molar-refractivity contribution in [3.8, 4) is 11.5 Å². The monoisotopic (exact) mass is 375 g/mol. The lowest BCUT2D eigenvalue weighted by atomic mass is 10.1. The molecule has 4 nitrogen and oxygen atoms in total. The van der Waals surface area contributed by atoms with Crippen molar-refractivity contribution in [2.24, 2.45) is 0 Å². The Labute approximate surface area is 166 Å². The summed E-state index contributed by atoms with van der Waals surface area (Å²) in [5, 5.41) is 2.92. The summed E-state index contributed by atoms with van der Waals surface area (Å²) in [5.74, 6) is 1.32. The number of carbonyl (C=O) groups is 1. The Bertz CT molecular complexity index is 957. The maximum atomic E-state index is 12.6. The summed E-state index contributed by atoms with van der Waals surface area (Å²) in [6.07, 6.45) is 0.